The van der Waals surface area contributed by atoms with E-state index in [4.69, 9.17) is 0 Å². The highest BCUT2D eigenvalue weighted by molar-refractivity contribution is 6.06. The fourth-order valence-corrected chi connectivity index (χ4v) is 2.57. The summed E-state index contributed by atoms with van der Waals surface area (Å²) in [6.07, 6.45) is 4.99. The lowest BCUT2D eigenvalue weighted by atomic mass is 10.2. The van der Waals surface area contributed by atoms with Crippen molar-refractivity contribution in [2.75, 3.05) is 36.4 Å². The molecule has 0 radical (unpaired) electrons. The molecule has 26 heavy (non-hydrogen) atoms. The first-order valence-electron chi connectivity index (χ1n) is 8.14. The van der Waals surface area contributed by atoms with Crippen LogP contribution >= 0.6 is 0 Å². The van der Waals surface area contributed by atoms with Gasteiger partial charge in [-0.3, -0.25) is 4.79 Å². The van der Waals surface area contributed by atoms with Crippen molar-refractivity contribution in [2.24, 2.45) is 0 Å². The average molecular weight is 350 g/mol. The molecule has 1 amide bonds. The van der Waals surface area contributed by atoms with E-state index in [2.05, 4.69) is 20.2 Å². The first kappa shape index (κ1) is 17.2. The monoisotopic (exact) mass is 350 g/mol. The van der Waals surface area contributed by atoms with E-state index in [1.165, 1.54) is 12.1 Å². The van der Waals surface area contributed by atoms with Gasteiger partial charge in [0.1, 0.15) is 17.4 Å². The van der Waals surface area contributed by atoms with Crippen LogP contribution in [0.1, 0.15) is 0 Å². The summed E-state index contributed by atoms with van der Waals surface area (Å²) in [5.41, 5.74) is 0.544. The second-order valence-electron chi connectivity index (χ2n) is 5.73. The molecule has 1 aromatic carbocycles. The number of anilines is 2. The molecular formula is C18H18N6O2. The molecule has 1 saturated heterocycles. The Labute approximate surface area is 151 Å². The molecule has 0 spiro atoms. The number of phenolic OH excluding ortho intramolecular Hbond substituents is 1. The third-order valence-electron chi connectivity index (χ3n) is 3.95. The largest absolute Gasteiger partial charge is 0.508 e. The van der Waals surface area contributed by atoms with E-state index in [0.717, 1.165) is 0 Å². The number of aromatic hydroxyl groups is 1. The lowest BCUT2D eigenvalue weighted by Crippen LogP contribution is -2.45. The van der Waals surface area contributed by atoms with Crippen molar-refractivity contribution in [2.45, 2.75) is 0 Å². The van der Waals surface area contributed by atoms with Gasteiger partial charge in [-0.25, -0.2) is 9.97 Å². The molecule has 1 aliphatic rings. The molecule has 132 valence electrons. The lowest BCUT2D eigenvalue weighted by molar-refractivity contribution is -0.112. The summed E-state index contributed by atoms with van der Waals surface area (Å²) in [7, 11) is 0. The SMILES string of the molecule is N#C/C(=C/N1CCN(c2ncccn2)CC1)C(=O)Nc1ccc(O)cc1. The number of nitriles is 1. The first-order chi connectivity index (χ1) is 12.7. The van der Waals surface area contributed by atoms with Crippen molar-refractivity contribution in [3.8, 4) is 11.8 Å². The predicted octanol–water partition coefficient (Wildman–Crippen LogP) is 1.35. The van der Waals surface area contributed by atoms with E-state index >= 15 is 0 Å². The van der Waals surface area contributed by atoms with Gasteiger partial charge < -0.3 is 20.2 Å². The fraction of sp³-hybridized carbons (Fsp3) is 0.222. The van der Waals surface area contributed by atoms with Gasteiger partial charge in [0.15, 0.2) is 0 Å². The van der Waals surface area contributed by atoms with E-state index < -0.39 is 5.91 Å². The molecule has 1 aromatic heterocycles. The molecule has 0 bridgehead atoms. The Bertz CT molecular complexity index is 821. The Morgan fingerprint density at radius 1 is 1.15 bits per heavy atom. The van der Waals surface area contributed by atoms with Crippen LogP contribution in [-0.2, 0) is 4.79 Å². The zero-order chi connectivity index (χ0) is 18.4. The number of carbonyl (C=O) groups excluding carboxylic acids is 1. The maximum atomic E-state index is 12.3. The van der Waals surface area contributed by atoms with Crippen molar-refractivity contribution >= 4 is 17.5 Å². The Balaban J connectivity index is 1.60. The second kappa shape index (κ2) is 7.98. The van der Waals surface area contributed by atoms with Crippen LogP contribution in [0.25, 0.3) is 0 Å². The van der Waals surface area contributed by atoms with E-state index in [1.807, 2.05) is 11.0 Å². The van der Waals surface area contributed by atoms with Crippen molar-refractivity contribution in [3.63, 3.8) is 0 Å². The maximum absolute atomic E-state index is 12.3. The molecule has 0 atom stereocenters. The molecule has 0 saturated carbocycles. The molecule has 1 fully saturated rings. The third kappa shape index (κ3) is 4.27. The lowest BCUT2D eigenvalue weighted by Gasteiger charge is -2.34. The minimum absolute atomic E-state index is 0.0301. The van der Waals surface area contributed by atoms with Gasteiger partial charge in [0, 0.05) is 50.5 Å². The van der Waals surface area contributed by atoms with Crippen LogP contribution in [0.2, 0.25) is 0 Å². The van der Waals surface area contributed by atoms with Crippen molar-refractivity contribution in [1.82, 2.24) is 14.9 Å². The van der Waals surface area contributed by atoms with E-state index in [1.54, 1.807) is 36.8 Å². The summed E-state index contributed by atoms with van der Waals surface area (Å²) >= 11 is 0. The minimum atomic E-state index is -0.480. The summed E-state index contributed by atoms with van der Waals surface area (Å²) < 4.78 is 0. The topological polar surface area (TPSA) is 105 Å². The Hall–Kier alpha value is -3.60. The summed E-state index contributed by atoms with van der Waals surface area (Å²) in [6, 6.07) is 9.79. The molecule has 8 nitrogen and oxygen atoms in total. The zero-order valence-electron chi connectivity index (χ0n) is 14.0. The van der Waals surface area contributed by atoms with Crippen LogP contribution in [0.5, 0.6) is 5.75 Å². The third-order valence-corrected chi connectivity index (χ3v) is 3.95. The number of rotatable bonds is 4. The summed E-state index contributed by atoms with van der Waals surface area (Å²) in [5.74, 6) is 0.313. The number of nitrogens with zero attached hydrogens (tertiary/aromatic N) is 5. The maximum Gasteiger partial charge on any atom is 0.267 e. The normalized spacial score (nSPS) is 14.7. The number of phenols is 1. The molecule has 2 N–H and O–H groups in total. The molecule has 2 aromatic rings. The van der Waals surface area contributed by atoms with E-state index in [0.29, 0.717) is 37.8 Å². The summed E-state index contributed by atoms with van der Waals surface area (Å²) in [4.78, 5) is 24.7. The quantitative estimate of drug-likeness (QED) is 0.487. The highest BCUT2D eigenvalue weighted by Crippen LogP contribution is 2.15. The molecule has 2 heterocycles. The molecule has 0 unspecified atom stereocenters. The van der Waals surface area contributed by atoms with Crippen LogP contribution in [0.4, 0.5) is 11.6 Å². The van der Waals surface area contributed by atoms with Crippen LogP contribution in [0.3, 0.4) is 0 Å². The molecule has 0 aliphatic carbocycles. The smallest absolute Gasteiger partial charge is 0.267 e. The number of carbonyl (C=O) groups is 1. The van der Waals surface area contributed by atoms with Gasteiger partial charge >= 0.3 is 0 Å². The number of aromatic nitrogens is 2. The van der Waals surface area contributed by atoms with Gasteiger partial charge in [-0.15, -0.1) is 0 Å². The van der Waals surface area contributed by atoms with Gasteiger partial charge in [-0.05, 0) is 30.3 Å². The van der Waals surface area contributed by atoms with Crippen LogP contribution in [0, 0.1) is 11.3 Å². The number of hydrogen-bond donors (Lipinski definition) is 2. The van der Waals surface area contributed by atoms with E-state index in [9.17, 15) is 15.2 Å². The van der Waals surface area contributed by atoms with E-state index in [-0.39, 0.29) is 11.3 Å². The van der Waals surface area contributed by atoms with Crippen molar-refractivity contribution in [3.05, 3.63) is 54.5 Å². The number of piperazine rings is 1. The first-order valence-corrected chi connectivity index (χ1v) is 8.14. The van der Waals surface area contributed by atoms with Crippen molar-refractivity contribution < 1.29 is 9.90 Å². The molecule has 8 heteroatoms. The minimum Gasteiger partial charge on any atom is -0.508 e. The fourth-order valence-electron chi connectivity index (χ4n) is 2.57. The predicted molar refractivity (Wildman–Crippen MR) is 96.3 cm³/mol. The number of hydrogen-bond acceptors (Lipinski definition) is 7. The van der Waals surface area contributed by atoms with Gasteiger partial charge in [-0.1, -0.05) is 0 Å². The Morgan fingerprint density at radius 2 is 1.81 bits per heavy atom. The second-order valence-corrected chi connectivity index (χ2v) is 5.73. The highest BCUT2D eigenvalue weighted by Gasteiger charge is 2.19. The van der Waals surface area contributed by atoms with Gasteiger partial charge in [0.25, 0.3) is 5.91 Å². The Morgan fingerprint density at radius 3 is 2.42 bits per heavy atom. The standard InChI is InChI=1S/C18H18N6O2/c19-12-14(17(26)22-15-2-4-16(25)5-3-15)13-23-8-10-24(11-9-23)18-20-6-1-7-21-18/h1-7,13,25H,8-11H2,(H,22,26)/b14-13-. The van der Waals surface area contributed by atoms with Crippen LogP contribution in [-0.4, -0.2) is 52.1 Å². The van der Waals surface area contributed by atoms with Gasteiger partial charge in [-0.2, -0.15) is 5.26 Å². The van der Waals surface area contributed by atoms with Crippen molar-refractivity contribution in [1.29, 1.82) is 5.26 Å². The highest BCUT2D eigenvalue weighted by atomic mass is 16.3. The van der Waals surface area contributed by atoms with Gasteiger partial charge in [0.05, 0.1) is 0 Å². The average Bonchev–Trinajstić information content (AvgIpc) is 2.69. The number of amides is 1. The van der Waals surface area contributed by atoms with Gasteiger partial charge in [0.2, 0.25) is 5.95 Å². The zero-order valence-corrected chi connectivity index (χ0v) is 14.0. The number of benzene rings is 1. The summed E-state index contributed by atoms with van der Waals surface area (Å²) in [6.45, 7) is 2.74. The molecule has 3 rings (SSSR count). The van der Waals surface area contributed by atoms with Crippen LogP contribution < -0.4 is 10.2 Å². The summed E-state index contributed by atoms with van der Waals surface area (Å²) in [5, 5.41) is 21.2. The molecule has 1 aliphatic heterocycles. The molecular weight excluding hydrogens is 332 g/mol. The van der Waals surface area contributed by atoms with Crippen LogP contribution in [0.15, 0.2) is 54.5 Å². The Kier molecular flexibility index (Phi) is 5.29. The number of nitrogens with one attached hydrogen (secondary N) is 1.